The lowest BCUT2D eigenvalue weighted by Crippen LogP contribution is -2.08. The van der Waals surface area contributed by atoms with Crippen LogP contribution in [0.5, 0.6) is 0 Å². The number of carbonyl (C=O) groups is 2. The summed E-state index contributed by atoms with van der Waals surface area (Å²) in [6.07, 6.45) is 0.671. The second-order valence-electron chi connectivity index (χ2n) is 3.55. The Labute approximate surface area is 102 Å². The molecule has 0 fully saturated rings. The molecule has 0 unspecified atom stereocenters. The molecule has 2 aromatic rings. The van der Waals surface area contributed by atoms with Gasteiger partial charge >= 0.3 is 5.97 Å². The number of methoxy groups -OCH3 is 1. The maximum Gasteiger partial charge on any atom is 0.339 e. The molecule has 0 aliphatic carbocycles. The Morgan fingerprint density at radius 1 is 1.41 bits per heavy atom. The molecule has 2 rings (SSSR count). The highest BCUT2D eigenvalue weighted by molar-refractivity contribution is 7.13. The van der Waals surface area contributed by atoms with Gasteiger partial charge in [0.15, 0.2) is 6.29 Å². The highest BCUT2D eigenvalue weighted by atomic mass is 32.1. The van der Waals surface area contributed by atoms with E-state index in [4.69, 9.17) is 4.74 Å². The molecular formula is C11H10N2O3S. The van der Waals surface area contributed by atoms with E-state index in [0.717, 1.165) is 11.5 Å². The molecule has 0 aliphatic rings. The second kappa shape index (κ2) is 4.21. The van der Waals surface area contributed by atoms with Gasteiger partial charge in [0.2, 0.25) is 0 Å². The van der Waals surface area contributed by atoms with Crippen molar-refractivity contribution in [1.29, 1.82) is 0 Å². The monoisotopic (exact) mass is 250 g/mol. The van der Waals surface area contributed by atoms with Gasteiger partial charge in [-0.2, -0.15) is 4.37 Å². The average molecular weight is 250 g/mol. The third-order valence-corrected chi connectivity index (χ3v) is 3.34. The van der Waals surface area contributed by atoms with Crippen molar-refractivity contribution >= 4 is 34.0 Å². The zero-order valence-corrected chi connectivity index (χ0v) is 10.4. The Morgan fingerprint density at radius 2 is 2.12 bits per heavy atom. The molecule has 0 amide bonds. The van der Waals surface area contributed by atoms with E-state index in [1.807, 2.05) is 0 Å². The predicted octanol–water partition coefficient (Wildman–Crippen LogP) is 1.91. The van der Waals surface area contributed by atoms with Crippen LogP contribution in [0, 0.1) is 13.8 Å². The maximum absolute atomic E-state index is 11.7. The summed E-state index contributed by atoms with van der Waals surface area (Å²) < 4.78 is 8.71. The van der Waals surface area contributed by atoms with Crippen LogP contribution in [-0.2, 0) is 4.74 Å². The zero-order chi connectivity index (χ0) is 12.6. The minimum atomic E-state index is -0.447. The minimum Gasteiger partial charge on any atom is -0.465 e. The highest BCUT2D eigenvalue weighted by Crippen LogP contribution is 2.27. The number of aldehydes is 1. The van der Waals surface area contributed by atoms with E-state index >= 15 is 0 Å². The lowest BCUT2D eigenvalue weighted by molar-refractivity contribution is 0.0598. The van der Waals surface area contributed by atoms with Crippen LogP contribution in [0.25, 0.3) is 10.2 Å². The predicted molar refractivity (Wildman–Crippen MR) is 63.6 cm³/mol. The molecule has 0 bridgehead atoms. The SMILES string of the molecule is COC(=O)c1c(C)nc2snc(C=O)c2c1C. The molecule has 0 saturated heterocycles. The lowest BCUT2D eigenvalue weighted by atomic mass is 10.0. The summed E-state index contributed by atoms with van der Waals surface area (Å²) in [5, 5.41) is 0.635. The van der Waals surface area contributed by atoms with Gasteiger partial charge in [0, 0.05) is 5.39 Å². The van der Waals surface area contributed by atoms with Gasteiger partial charge in [-0.25, -0.2) is 9.78 Å². The van der Waals surface area contributed by atoms with Crippen molar-refractivity contribution in [1.82, 2.24) is 9.36 Å². The number of rotatable bonds is 2. The number of pyridine rings is 1. The van der Waals surface area contributed by atoms with Crippen molar-refractivity contribution in [2.24, 2.45) is 0 Å². The summed E-state index contributed by atoms with van der Waals surface area (Å²) in [5.74, 6) is -0.447. The summed E-state index contributed by atoms with van der Waals surface area (Å²) in [6.45, 7) is 3.50. The minimum absolute atomic E-state index is 0.320. The fourth-order valence-corrected chi connectivity index (χ4v) is 2.66. The number of aromatic nitrogens is 2. The Kier molecular flexibility index (Phi) is 2.89. The van der Waals surface area contributed by atoms with Gasteiger partial charge in [0.05, 0.1) is 18.4 Å². The smallest absolute Gasteiger partial charge is 0.339 e. The molecule has 5 nitrogen and oxygen atoms in total. The van der Waals surface area contributed by atoms with Crippen molar-refractivity contribution in [3.8, 4) is 0 Å². The topological polar surface area (TPSA) is 69.2 Å². The molecule has 0 saturated carbocycles. The fourth-order valence-electron chi connectivity index (χ4n) is 1.81. The largest absolute Gasteiger partial charge is 0.465 e. The van der Waals surface area contributed by atoms with Crippen molar-refractivity contribution in [2.45, 2.75) is 13.8 Å². The standard InChI is InChI=1S/C11H10N2O3S/c1-5-8(11(15)16-3)6(2)12-10-9(5)7(4-14)13-17-10/h4H,1-3H3. The van der Waals surface area contributed by atoms with Crippen molar-refractivity contribution in [2.75, 3.05) is 7.11 Å². The number of hydrogen-bond acceptors (Lipinski definition) is 6. The number of esters is 1. The van der Waals surface area contributed by atoms with Crippen molar-refractivity contribution < 1.29 is 14.3 Å². The molecular weight excluding hydrogens is 240 g/mol. The van der Waals surface area contributed by atoms with Crippen molar-refractivity contribution in [3.63, 3.8) is 0 Å². The van der Waals surface area contributed by atoms with Crippen LogP contribution in [-0.4, -0.2) is 28.7 Å². The number of carbonyl (C=O) groups excluding carboxylic acids is 2. The maximum atomic E-state index is 11.7. The van der Waals surface area contributed by atoms with Gasteiger partial charge in [-0.1, -0.05) is 0 Å². The van der Waals surface area contributed by atoms with E-state index in [0.29, 0.717) is 39.0 Å². The van der Waals surface area contributed by atoms with Gasteiger partial charge < -0.3 is 4.74 Å². The first-order chi connectivity index (χ1) is 8.10. The van der Waals surface area contributed by atoms with Gasteiger partial charge in [-0.3, -0.25) is 4.79 Å². The Morgan fingerprint density at radius 3 is 2.71 bits per heavy atom. The fraction of sp³-hybridized carbons (Fsp3) is 0.273. The van der Waals surface area contributed by atoms with Crippen LogP contribution in [0.15, 0.2) is 0 Å². The van der Waals surface area contributed by atoms with Gasteiger partial charge in [0.25, 0.3) is 0 Å². The van der Waals surface area contributed by atoms with Crippen LogP contribution in [0.3, 0.4) is 0 Å². The van der Waals surface area contributed by atoms with E-state index < -0.39 is 5.97 Å². The van der Waals surface area contributed by atoms with Crippen LogP contribution < -0.4 is 0 Å². The molecule has 88 valence electrons. The average Bonchev–Trinajstić information content (AvgIpc) is 2.71. The molecule has 0 atom stereocenters. The molecule has 0 spiro atoms. The van der Waals surface area contributed by atoms with Gasteiger partial charge in [-0.15, -0.1) is 0 Å². The molecule has 0 aromatic carbocycles. The van der Waals surface area contributed by atoms with Crippen LogP contribution in [0.2, 0.25) is 0 Å². The normalized spacial score (nSPS) is 10.5. The Hall–Kier alpha value is -1.82. The molecule has 0 radical (unpaired) electrons. The van der Waals surface area contributed by atoms with E-state index in [1.54, 1.807) is 13.8 Å². The number of fused-ring (bicyclic) bond motifs is 1. The zero-order valence-electron chi connectivity index (χ0n) is 9.60. The van der Waals surface area contributed by atoms with Gasteiger partial charge in [0.1, 0.15) is 10.5 Å². The molecule has 2 aromatic heterocycles. The third kappa shape index (κ3) is 1.70. The summed E-state index contributed by atoms with van der Waals surface area (Å²) in [6, 6.07) is 0. The quantitative estimate of drug-likeness (QED) is 0.601. The van der Waals surface area contributed by atoms with Gasteiger partial charge in [-0.05, 0) is 30.9 Å². The number of aryl methyl sites for hydroxylation is 2. The summed E-state index contributed by atoms with van der Waals surface area (Å²) in [5.41, 5.74) is 2.00. The van der Waals surface area contributed by atoms with E-state index in [9.17, 15) is 9.59 Å². The van der Waals surface area contributed by atoms with Crippen molar-refractivity contribution in [3.05, 3.63) is 22.5 Å². The molecule has 2 heterocycles. The van der Waals surface area contributed by atoms with Crippen LogP contribution in [0.1, 0.15) is 32.1 Å². The first kappa shape index (κ1) is 11.7. The summed E-state index contributed by atoms with van der Waals surface area (Å²) in [7, 11) is 1.32. The number of hydrogen-bond donors (Lipinski definition) is 0. The number of ether oxygens (including phenoxy) is 1. The van der Waals surface area contributed by atoms with E-state index in [1.165, 1.54) is 7.11 Å². The molecule has 6 heteroatoms. The first-order valence-corrected chi connectivity index (χ1v) is 5.67. The van der Waals surface area contributed by atoms with Crippen LogP contribution in [0.4, 0.5) is 0 Å². The Balaban J connectivity index is 2.85. The number of nitrogens with zero attached hydrogens (tertiary/aromatic N) is 2. The molecule has 0 aliphatic heterocycles. The second-order valence-corrected chi connectivity index (χ2v) is 4.31. The third-order valence-electron chi connectivity index (χ3n) is 2.58. The van der Waals surface area contributed by atoms with E-state index in [2.05, 4.69) is 9.36 Å². The summed E-state index contributed by atoms with van der Waals surface area (Å²) in [4.78, 5) is 27.5. The highest BCUT2D eigenvalue weighted by Gasteiger charge is 2.20. The molecule has 17 heavy (non-hydrogen) atoms. The Bertz CT molecular complexity index is 619. The van der Waals surface area contributed by atoms with E-state index in [-0.39, 0.29) is 0 Å². The summed E-state index contributed by atoms with van der Waals surface area (Å²) >= 11 is 1.15. The lowest BCUT2D eigenvalue weighted by Gasteiger charge is -2.07. The molecule has 0 N–H and O–H groups in total. The first-order valence-electron chi connectivity index (χ1n) is 4.90. The van der Waals surface area contributed by atoms with Crippen LogP contribution >= 0.6 is 11.5 Å².